The van der Waals surface area contributed by atoms with E-state index in [0.717, 1.165) is 12.1 Å². The topological polar surface area (TPSA) is 54.8 Å². The molecule has 0 N–H and O–H groups in total. The molecule has 27 heavy (non-hydrogen) atoms. The molecule has 0 saturated heterocycles. The lowest BCUT2D eigenvalue weighted by molar-refractivity contribution is 0.716. The van der Waals surface area contributed by atoms with Crippen LogP contribution in [0.1, 0.15) is 29.7 Å². The molecule has 142 valence electrons. The van der Waals surface area contributed by atoms with Crippen LogP contribution in [0.25, 0.3) is 0 Å². The summed E-state index contributed by atoms with van der Waals surface area (Å²) in [5.74, 6) is 1.05. The fraction of sp³-hybridized carbons (Fsp3) is 0.333. The molecule has 1 atom stereocenters. The Labute approximate surface area is 178 Å². The maximum Gasteiger partial charge on any atom is 0.250 e. The lowest BCUT2D eigenvalue weighted by Gasteiger charge is -2.21. The second-order valence-corrected chi connectivity index (χ2v) is 8.82. The minimum atomic E-state index is -1.74. The van der Waals surface area contributed by atoms with E-state index >= 15 is 0 Å². The van der Waals surface area contributed by atoms with Crippen LogP contribution in [0.3, 0.4) is 0 Å². The van der Waals surface area contributed by atoms with Crippen LogP contribution in [0.5, 0.6) is 0 Å². The predicted molar refractivity (Wildman–Crippen MR) is 111 cm³/mol. The molecular weight excluding hydrogens is 428 g/mol. The van der Waals surface area contributed by atoms with Crippen molar-refractivity contribution in [3.63, 3.8) is 0 Å². The molecule has 0 saturated carbocycles. The monoisotopic (exact) mass is 443 g/mol. The molecule has 2 aromatic heterocycles. The van der Waals surface area contributed by atoms with Crippen LogP contribution in [-0.4, -0.2) is 33.5 Å². The number of halogens is 4. The van der Waals surface area contributed by atoms with E-state index in [1.54, 1.807) is 6.20 Å². The summed E-state index contributed by atoms with van der Waals surface area (Å²) in [6, 6.07) is 5.82. The Morgan fingerprint density at radius 3 is 2.63 bits per heavy atom. The highest BCUT2D eigenvalue weighted by Crippen LogP contribution is 2.37. The number of aromatic nitrogens is 4. The van der Waals surface area contributed by atoms with Crippen LogP contribution in [0, 0.1) is 0 Å². The maximum atomic E-state index is 6.04. The summed E-state index contributed by atoms with van der Waals surface area (Å²) in [6.45, 7) is 0.659. The summed E-state index contributed by atoms with van der Waals surface area (Å²) in [7, 11) is 1.89. The molecular formula is C18H17Cl4N5. The predicted octanol–water partition coefficient (Wildman–Crippen LogP) is 4.94. The van der Waals surface area contributed by atoms with Gasteiger partial charge in [0.2, 0.25) is 9.74 Å². The average Bonchev–Trinajstić information content (AvgIpc) is 2.66. The molecule has 9 heteroatoms. The van der Waals surface area contributed by atoms with Gasteiger partial charge in [-0.3, -0.25) is 4.98 Å². The van der Waals surface area contributed by atoms with Gasteiger partial charge in [-0.2, -0.15) is 9.97 Å². The average molecular weight is 445 g/mol. The van der Waals surface area contributed by atoms with Gasteiger partial charge in [-0.15, -0.1) is 0 Å². The third-order valence-corrected chi connectivity index (χ3v) is 4.84. The number of pyridine rings is 1. The van der Waals surface area contributed by atoms with Crippen LogP contribution in [-0.2, 0) is 10.2 Å². The van der Waals surface area contributed by atoms with Crippen molar-refractivity contribution >= 4 is 52.4 Å². The quantitative estimate of drug-likeness (QED) is 0.611. The van der Waals surface area contributed by atoms with Crippen molar-refractivity contribution in [2.75, 3.05) is 18.5 Å². The highest BCUT2D eigenvalue weighted by Gasteiger charge is 2.30. The highest BCUT2D eigenvalue weighted by atomic mass is 35.6. The van der Waals surface area contributed by atoms with Crippen molar-refractivity contribution < 1.29 is 0 Å². The van der Waals surface area contributed by atoms with Crippen molar-refractivity contribution in [3.8, 4) is 0 Å². The van der Waals surface area contributed by atoms with Crippen molar-refractivity contribution in [1.82, 2.24) is 19.9 Å². The molecule has 3 rings (SSSR count). The maximum absolute atomic E-state index is 6.04. The van der Waals surface area contributed by atoms with Gasteiger partial charge in [-0.25, -0.2) is 4.98 Å². The molecule has 0 amide bonds. The van der Waals surface area contributed by atoms with Crippen LogP contribution >= 0.6 is 46.4 Å². The van der Waals surface area contributed by atoms with Gasteiger partial charge >= 0.3 is 0 Å². The summed E-state index contributed by atoms with van der Waals surface area (Å²) in [6.07, 6.45) is 8.86. The first-order chi connectivity index (χ1) is 12.8. The third-order valence-electron chi connectivity index (χ3n) is 4.05. The SMILES string of the molecule is CN(CCc1ccccn1)c1nc(C2C=CC(Cl)=CC2)nc(C(Cl)(Cl)Cl)n1. The smallest absolute Gasteiger partial charge is 0.250 e. The Hall–Kier alpha value is -1.40. The number of hydrogen-bond acceptors (Lipinski definition) is 5. The lowest BCUT2D eigenvalue weighted by atomic mass is 10.00. The van der Waals surface area contributed by atoms with E-state index in [9.17, 15) is 0 Å². The van der Waals surface area contributed by atoms with Gasteiger partial charge in [0.15, 0.2) is 5.82 Å². The van der Waals surface area contributed by atoms with E-state index in [1.807, 2.05) is 48.4 Å². The summed E-state index contributed by atoms with van der Waals surface area (Å²) < 4.78 is -1.74. The van der Waals surface area contributed by atoms with E-state index in [0.29, 0.717) is 29.8 Å². The van der Waals surface area contributed by atoms with Crippen LogP contribution in [0.4, 0.5) is 5.95 Å². The van der Waals surface area contributed by atoms with E-state index in [1.165, 1.54) is 0 Å². The minimum absolute atomic E-state index is 0.0514. The van der Waals surface area contributed by atoms with Gasteiger partial charge in [-0.05, 0) is 24.6 Å². The number of allylic oxidation sites excluding steroid dienone is 4. The van der Waals surface area contributed by atoms with Gasteiger partial charge in [0, 0.05) is 42.9 Å². The Morgan fingerprint density at radius 1 is 1.19 bits per heavy atom. The second kappa shape index (κ2) is 8.74. The van der Waals surface area contributed by atoms with Gasteiger partial charge in [0.05, 0.1) is 0 Å². The Balaban J connectivity index is 1.85. The molecule has 0 spiro atoms. The fourth-order valence-electron chi connectivity index (χ4n) is 2.56. The Morgan fingerprint density at radius 2 is 2.00 bits per heavy atom. The molecule has 1 aliphatic carbocycles. The zero-order valence-corrected chi connectivity index (χ0v) is 17.5. The largest absolute Gasteiger partial charge is 0.343 e. The number of hydrogen-bond donors (Lipinski definition) is 0. The zero-order valence-electron chi connectivity index (χ0n) is 14.5. The molecule has 5 nitrogen and oxygen atoms in total. The van der Waals surface area contributed by atoms with Crippen LogP contribution < -0.4 is 4.90 Å². The molecule has 1 unspecified atom stereocenters. The number of anilines is 1. The third kappa shape index (κ3) is 5.55. The van der Waals surface area contributed by atoms with Gasteiger partial charge in [0.1, 0.15) is 5.82 Å². The van der Waals surface area contributed by atoms with Gasteiger partial charge in [-0.1, -0.05) is 64.6 Å². The number of rotatable bonds is 5. The Kier molecular flexibility index (Phi) is 6.58. The lowest BCUT2D eigenvalue weighted by Crippen LogP contribution is -2.26. The zero-order chi connectivity index (χ0) is 19.4. The van der Waals surface area contributed by atoms with E-state index in [2.05, 4.69) is 19.9 Å². The van der Waals surface area contributed by atoms with E-state index < -0.39 is 3.79 Å². The summed E-state index contributed by atoms with van der Waals surface area (Å²) in [4.78, 5) is 19.5. The molecule has 0 bridgehead atoms. The molecule has 0 radical (unpaired) electrons. The van der Waals surface area contributed by atoms with Crippen molar-refractivity contribution in [2.24, 2.45) is 0 Å². The molecule has 0 aliphatic heterocycles. The van der Waals surface area contributed by atoms with Gasteiger partial charge < -0.3 is 4.90 Å². The fourth-order valence-corrected chi connectivity index (χ4v) is 2.97. The molecule has 0 fully saturated rings. The summed E-state index contributed by atoms with van der Waals surface area (Å²) >= 11 is 24.1. The molecule has 0 aromatic carbocycles. The first-order valence-corrected chi connectivity index (χ1v) is 9.82. The van der Waals surface area contributed by atoms with E-state index in [4.69, 9.17) is 46.4 Å². The molecule has 2 aromatic rings. The second-order valence-electron chi connectivity index (χ2n) is 6.10. The standard InChI is InChI=1S/C18H17Cl4N5/c1-27(11-9-14-4-2-3-10-23-14)17-25-15(12-5-7-13(19)8-6-12)24-16(26-17)18(20,21)22/h2-5,7-8,10,12H,6,9,11H2,1H3. The van der Waals surface area contributed by atoms with Crippen molar-refractivity contribution in [3.05, 3.63) is 65.0 Å². The molecule has 2 heterocycles. The first kappa shape index (κ1) is 20.3. The summed E-state index contributed by atoms with van der Waals surface area (Å²) in [5.41, 5.74) is 0.982. The van der Waals surface area contributed by atoms with Gasteiger partial charge in [0.25, 0.3) is 0 Å². The summed E-state index contributed by atoms with van der Waals surface area (Å²) in [5, 5.41) is 0.689. The van der Waals surface area contributed by atoms with Crippen LogP contribution in [0.15, 0.2) is 47.7 Å². The number of nitrogens with zero attached hydrogens (tertiary/aromatic N) is 5. The minimum Gasteiger partial charge on any atom is -0.343 e. The van der Waals surface area contributed by atoms with Crippen molar-refractivity contribution in [1.29, 1.82) is 0 Å². The Bertz CT molecular complexity index is 849. The molecule has 1 aliphatic rings. The van der Waals surface area contributed by atoms with Crippen molar-refractivity contribution in [2.45, 2.75) is 22.6 Å². The highest BCUT2D eigenvalue weighted by molar-refractivity contribution is 6.66. The number of alkyl halides is 3. The van der Waals surface area contributed by atoms with Crippen LogP contribution in [0.2, 0.25) is 0 Å². The first-order valence-electron chi connectivity index (χ1n) is 8.31. The van der Waals surface area contributed by atoms with E-state index in [-0.39, 0.29) is 11.7 Å². The normalized spacial score (nSPS) is 16.9. The number of likely N-dealkylation sites (N-methyl/N-ethyl adjacent to an activating group) is 1.